The van der Waals surface area contributed by atoms with Gasteiger partial charge >= 0.3 is 0 Å². The van der Waals surface area contributed by atoms with Crippen LogP contribution in [0.1, 0.15) is 68.1 Å². The van der Waals surface area contributed by atoms with Crippen molar-refractivity contribution in [2.75, 3.05) is 5.32 Å². The highest BCUT2D eigenvalue weighted by Crippen LogP contribution is 2.58. The van der Waals surface area contributed by atoms with Crippen LogP contribution in [0, 0.1) is 0 Å². The molecule has 1 fully saturated rings. The Balaban J connectivity index is 1.93. The van der Waals surface area contributed by atoms with Gasteiger partial charge in [0.15, 0.2) is 0 Å². The molecule has 1 saturated carbocycles. The smallest absolute Gasteiger partial charge is 0.228 e. The molecule has 2 nitrogen and oxygen atoms in total. The van der Waals surface area contributed by atoms with Crippen molar-refractivity contribution in [2.24, 2.45) is 0 Å². The molecule has 1 heterocycles. The fourth-order valence-corrected chi connectivity index (χ4v) is 5.31. The first kappa shape index (κ1) is 12.7. The van der Waals surface area contributed by atoms with Gasteiger partial charge in [-0.1, -0.05) is 37.8 Å². The average molecular weight is 290 g/mol. The van der Waals surface area contributed by atoms with Gasteiger partial charge in [0.1, 0.15) is 0 Å². The first-order valence-corrected chi connectivity index (χ1v) is 8.14. The Morgan fingerprint density at radius 2 is 2.05 bits per heavy atom. The Morgan fingerprint density at radius 1 is 1.30 bits per heavy atom. The molecule has 1 unspecified atom stereocenters. The van der Waals surface area contributed by atoms with Gasteiger partial charge in [-0.05, 0) is 53.4 Å². The second-order valence-electron chi connectivity index (χ2n) is 6.85. The Hall–Kier alpha value is -1.02. The van der Waals surface area contributed by atoms with E-state index in [0.29, 0.717) is 12.3 Å². The number of hydrogen-bond donors (Lipinski definition) is 1. The number of fused-ring (bicyclic) bond motifs is 4. The molecule has 1 atom stereocenters. The van der Waals surface area contributed by atoms with E-state index in [2.05, 4.69) is 12.2 Å². The molecular weight excluding hydrogens is 270 g/mol. The Kier molecular flexibility index (Phi) is 2.69. The lowest BCUT2D eigenvalue weighted by Crippen LogP contribution is -2.26. The third-order valence-corrected chi connectivity index (χ3v) is 5.84. The maximum atomic E-state index is 11.7. The zero-order valence-electron chi connectivity index (χ0n) is 11.9. The summed E-state index contributed by atoms with van der Waals surface area (Å²) in [7, 11) is 0. The van der Waals surface area contributed by atoms with Crippen LogP contribution in [0.15, 0.2) is 6.07 Å². The molecule has 1 aromatic carbocycles. The largest absolute Gasteiger partial charge is 0.325 e. The lowest BCUT2D eigenvalue weighted by molar-refractivity contribution is -0.115. The topological polar surface area (TPSA) is 29.1 Å². The fourth-order valence-electron chi connectivity index (χ4n) is 4.87. The zero-order valence-corrected chi connectivity index (χ0v) is 12.6. The van der Waals surface area contributed by atoms with Crippen molar-refractivity contribution < 1.29 is 4.79 Å². The number of hydrogen-bond acceptors (Lipinski definition) is 1. The first-order valence-electron chi connectivity index (χ1n) is 7.76. The summed E-state index contributed by atoms with van der Waals surface area (Å²) >= 11 is 6.65. The van der Waals surface area contributed by atoms with Crippen LogP contribution in [-0.4, -0.2) is 5.91 Å². The van der Waals surface area contributed by atoms with Gasteiger partial charge in [-0.25, -0.2) is 0 Å². The molecule has 1 spiro atoms. The van der Waals surface area contributed by atoms with Crippen LogP contribution in [0.2, 0.25) is 5.02 Å². The Bertz CT molecular complexity index is 601. The molecule has 1 amide bonds. The Labute approximate surface area is 124 Å². The van der Waals surface area contributed by atoms with Crippen molar-refractivity contribution in [2.45, 2.75) is 63.2 Å². The number of carbonyl (C=O) groups is 1. The van der Waals surface area contributed by atoms with E-state index in [4.69, 9.17) is 11.6 Å². The quantitative estimate of drug-likeness (QED) is 0.746. The van der Waals surface area contributed by atoms with Gasteiger partial charge in [-0.15, -0.1) is 0 Å². The lowest BCUT2D eigenvalue weighted by atomic mass is 9.70. The van der Waals surface area contributed by atoms with E-state index < -0.39 is 0 Å². The van der Waals surface area contributed by atoms with Gasteiger partial charge in [0.25, 0.3) is 0 Å². The van der Waals surface area contributed by atoms with Crippen LogP contribution < -0.4 is 5.32 Å². The van der Waals surface area contributed by atoms with Crippen LogP contribution >= 0.6 is 11.6 Å². The summed E-state index contributed by atoms with van der Waals surface area (Å²) in [6.07, 6.45) is 8.19. The van der Waals surface area contributed by atoms with Gasteiger partial charge in [0.2, 0.25) is 5.91 Å². The molecule has 0 bridgehead atoms. The average Bonchev–Trinajstić information content (AvgIpc) is 2.89. The van der Waals surface area contributed by atoms with Crippen LogP contribution in [0.25, 0.3) is 0 Å². The van der Waals surface area contributed by atoms with Crippen molar-refractivity contribution in [3.8, 4) is 0 Å². The number of halogens is 1. The molecule has 1 aromatic rings. The number of rotatable bonds is 0. The molecule has 20 heavy (non-hydrogen) atoms. The van der Waals surface area contributed by atoms with Crippen molar-refractivity contribution in [3.05, 3.63) is 27.8 Å². The molecule has 0 aromatic heterocycles. The van der Waals surface area contributed by atoms with Gasteiger partial charge in [0, 0.05) is 10.7 Å². The van der Waals surface area contributed by atoms with Crippen molar-refractivity contribution >= 4 is 23.2 Å². The summed E-state index contributed by atoms with van der Waals surface area (Å²) in [5.41, 5.74) is 5.18. The van der Waals surface area contributed by atoms with Crippen LogP contribution in [0.3, 0.4) is 0 Å². The van der Waals surface area contributed by atoms with Crippen LogP contribution in [0.5, 0.6) is 0 Å². The van der Waals surface area contributed by atoms with Crippen molar-refractivity contribution in [3.63, 3.8) is 0 Å². The molecule has 0 radical (unpaired) electrons. The first-order chi connectivity index (χ1) is 9.61. The van der Waals surface area contributed by atoms with Gasteiger partial charge in [0.05, 0.1) is 6.42 Å². The summed E-state index contributed by atoms with van der Waals surface area (Å²) in [5.74, 6) is 0.621. The Morgan fingerprint density at radius 3 is 2.80 bits per heavy atom. The second kappa shape index (κ2) is 4.24. The zero-order chi connectivity index (χ0) is 13.9. The highest BCUT2D eigenvalue weighted by molar-refractivity contribution is 6.32. The summed E-state index contributed by atoms with van der Waals surface area (Å²) in [6, 6.07) is 2.04. The molecule has 3 aliphatic rings. The standard InChI is InChI=1S/C17H20ClNO/c1-10-9-17(5-3-2-4-6-17)15-12(18)7-11-8-13(20)19-16(11)14(10)15/h7,10H,2-6,8-9H2,1H3,(H,19,20). The minimum Gasteiger partial charge on any atom is -0.325 e. The number of carbonyl (C=O) groups excluding carboxylic acids is 1. The summed E-state index contributed by atoms with van der Waals surface area (Å²) < 4.78 is 0. The minimum atomic E-state index is 0.112. The van der Waals surface area contributed by atoms with Gasteiger partial charge in [-0.3, -0.25) is 4.79 Å². The second-order valence-corrected chi connectivity index (χ2v) is 7.26. The SMILES string of the molecule is CC1CC2(CCCCC2)c2c(Cl)cc3c(c21)NC(=O)C3. The number of amides is 1. The maximum absolute atomic E-state index is 11.7. The molecule has 4 rings (SSSR count). The van der Waals surface area contributed by atoms with Crippen LogP contribution in [0.4, 0.5) is 5.69 Å². The van der Waals surface area contributed by atoms with E-state index in [0.717, 1.165) is 16.3 Å². The molecule has 0 saturated heterocycles. The molecule has 106 valence electrons. The van der Waals surface area contributed by atoms with E-state index in [1.807, 2.05) is 6.07 Å². The van der Waals surface area contributed by atoms with E-state index in [-0.39, 0.29) is 11.3 Å². The highest BCUT2D eigenvalue weighted by Gasteiger charge is 2.46. The molecule has 1 N–H and O–H groups in total. The number of nitrogens with one attached hydrogen (secondary N) is 1. The summed E-state index contributed by atoms with van der Waals surface area (Å²) in [5, 5.41) is 3.98. The third kappa shape index (κ3) is 1.60. The lowest BCUT2D eigenvalue weighted by Gasteiger charge is -2.35. The predicted octanol–water partition coefficient (Wildman–Crippen LogP) is 4.54. The maximum Gasteiger partial charge on any atom is 0.228 e. The summed E-state index contributed by atoms with van der Waals surface area (Å²) in [6.45, 7) is 2.29. The van der Waals surface area contributed by atoms with Crippen molar-refractivity contribution in [1.29, 1.82) is 0 Å². The number of benzene rings is 1. The van der Waals surface area contributed by atoms with E-state index in [1.165, 1.54) is 49.7 Å². The van der Waals surface area contributed by atoms with Crippen LogP contribution in [-0.2, 0) is 16.6 Å². The van der Waals surface area contributed by atoms with Gasteiger partial charge in [-0.2, -0.15) is 0 Å². The minimum absolute atomic E-state index is 0.112. The highest BCUT2D eigenvalue weighted by atomic mass is 35.5. The monoisotopic (exact) mass is 289 g/mol. The molecule has 2 aliphatic carbocycles. The molecule has 3 heteroatoms. The van der Waals surface area contributed by atoms with E-state index in [9.17, 15) is 4.79 Å². The fraction of sp³-hybridized carbons (Fsp3) is 0.588. The summed E-state index contributed by atoms with van der Waals surface area (Å²) in [4.78, 5) is 11.7. The van der Waals surface area contributed by atoms with E-state index >= 15 is 0 Å². The third-order valence-electron chi connectivity index (χ3n) is 5.55. The molecular formula is C17H20ClNO. The van der Waals surface area contributed by atoms with Crippen molar-refractivity contribution in [1.82, 2.24) is 0 Å². The predicted molar refractivity (Wildman–Crippen MR) is 81.6 cm³/mol. The van der Waals surface area contributed by atoms with Gasteiger partial charge < -0.3 is 5.32 Å². The molecule has 1 aliphatic heterocycles. The number of anilines is 1. The normalized spacial score (nSPS) is 26.5. The van der Waals surface area contributed by atoms with E-state index in [1.54, 1.807) is 0 Å².